The van der Waals surface area contributed by atoms with E-state index in [1.807, 2.05) is 0 Å². The van der Waals surface area contributed by atoms with Crippen molar-refractivity contribution < 1.29 is 39.3 Å². The highest BCUT2D eigenvalue weighted by atomic mass is 17.7. The lowest BCUT2D eigenvalue weighted by Crippen LogP contribution is -2.21. The van der Waals surface area contributed by atoms with E-state index >= 15 is 0 Å². The Bertz CT molecular complexity index is 234. The van der Waals surface area contributed by atoms with Crippen LogP contribution in [0.5, 0.6) is 0 Å². The zero-order valence-electron chi connectivity index (χ0n) is 8.42. The van der Waals surface area contributed by atoms with Gasteiger partial charge in [0.25, 0.3) is 0 Å². The van der Waals surface area contributed by atoms with Gasteiger partial charge in [-0.25, -0.2) is 19.4 Å². The van der Waals surface area contributed by atoms with Crippen LogP contribution < -0.4 is 0 Å². The van der Waals surface area contributed by atoms with Gasteiger partial charge in [-0.2, -0.15) is 0 Å². The second kappa shape index (κ2) is 6.85. The van der Waals surface area contributed by atoms with E-state index < -0.39 is 12.3 Å². The average molecular weight is 236 g/mol. The molecule has 8 heteroatoms. The summed E-state index contributed by atoms with van der Waals surface area (Å²) >= 11 is 0. The SMILES string of the molecule is O=C(O)OOOOC(=O)OC1CCCCC1. The molecule has 0 atom stereocenters. The van der Waals surface area contributed by atoms with Crippen LogP contribution in [-0.4, -0.2) is 23.5 Å². The van der Waals surface area contributed by atoms with Crippen LogP contribution in [0.25, 0.3) is 0 Å². The maximum atomic E-state index is 10.9. The van der Waals surface area contributed by atoms with Gasteiger partial charge in [0.05, 0.1) is 0 Å². The minimum Gasteiger partial charge on any atom is -0.448 e. The molecule has 0 radical (unpaired) electrons. The molecule has 0 aromatic rings. The molecule has 0 bridgehead atoms. The first-order valence-electron chi connectivity index (χ1n) is 4.80. The Kier molecular flexibility index (Phi) is 5.37. The molecule has 1 rings (SSSR count). The molecule has 1 aliphatic carbocycles. The molecule has 1 saturated carbocycles. The first-order valence-corrected chi connectivity index (χ1v) is 4.80. The average Bonchev–Trinajstić information content (AvgIpc) is 2.25. The number of hydrogen-bond acceptors (Lipinski definition) is 7. The van der Waals surface area contributed by atoms with E-state index in [0.29, 0.717) is 0 Å². The molecule has 0 aromatic carbocycles. The van der Waals surface area contributed by atoms with Crippen LogP contribution in [0.4, 0.5) is 9.59 Å². The number of carbonyl (C=O) groups is 2. The lowest BCUT2D eigenvalue weighted by molar-refractivity contribution is -0.600. The van der Waals surface area contributed by atoms with Crippen molar-refractivity contribution in [3.63, 3.8) is 0 Å². The minimum atomic E-state index is -1.73. The third-order valence-corrected chi connectivity index (χ3v) is 2.05. The van der Waals surface area contributed by atoms with Crippen molar-refractivity contribution >= 4 is 12.3 Å². The highest BCUT2D eigenvalue weighted by Crippen LogP contribution is 2.20. The van der Waals surface area contributed by atoms with Gasteiger partial charge in [-0.05, 0) is 25.7 Å². The Morgan fingerprint density at radius 2 is 1.62 bits per heavy atom. The summed E-state index contributed by atoms with van der Waals surface area (Å²) in [6, 6.07) is 0. The van der Waals surface area contributed by atoms with Gasteiger partial charge in [0.15, 0.2) is 0 Å². The number of ether oxygens (including phenoxy) is 1. The van der Waals surface area contributed by atoms with Gasteiger partial charge >= 0.3 is 12.3 Å². The first kappa shape index (κ1) is 12.5. The van der Waals surface area contributed by atoms with E-state index in [4.69, 9.17) is 9.84 Å². The van der Waals surface area contributed by atoms with Crippen molar-refractivity contribution in [3.8, 4) is 0 Å². The van der Waals surface area contributed by atoms with Crippen LogP contribution in [0.1, 0.15) is 32.1 Å². The fourth-order valence-corrected chi connectivity index (χ4v) is 1.42. The summed E-state index contributed by atoms with van der Waals surface area (Å²) in [5, 5.41) is 15.1. The van der Waals surface area contributed by atoms with Gasteiger partial charge in [-0.3, -0.25) is 0 Å². The quantitative estimate of drug-likeness (QED) is 0.342. The van der Waals surface area contributed by atoms with Crippen LogP contribution in [0.2, 0.25) is 0 Å². The number of carbonyl (C=O) groups excluding carboxylic acids is 1. The fourth-order valence-electron chi connectivity index (χ4n) is 1.42. The predicted molar refractivity (Wildman–Crippen MR) is 45.7 cm³/mol. The van der Waals surface area contributed by atoms with Gasteiger partial charge < -0.3 is 9.84 Å². The van der Waals surface area contributed by atoms with Crippen molar-refractivity contribution in [3.05, 3.63) is 0 Å². The van der Waals surface area contributed by atoms with E-state index in [-0.39, 0.29) is 6.10 Å². The summed E-state index contributed by atoms with van der Waals surface area (Å²) in [5.74, 6) is 0. The third kappa shape index (κ3) is 5.37. The Labute approximate surface area is 90.8 Å². The third-order valence-electron chi connectivity index (χ3n) is 2.05. The molecular formula is C8H12O8. The molecule has 0 amide bonds. The van der Waals surface area contributed by atoms with Crippen LogP contribution in [0.3, 0.4) is 0 Å². The maximum Gasteiger partial charge on any atom is 0.543 e. The predicted octanol–water partition coefficient (Wildman–Crippen LogP) is 1.95. The monoisotopic (exact) mass is 236 g/mol. The molecule has 0 aliphatic heterocycles. The highest BCUT2D eigenvalue weighted by Gasteiger charge is 2.19. The topological polar surface area (TPSA) is 101 Å². The summed E-state index contributed by atoms with van der Waals surface area (Å²) in [6.07, 6.45) is 1.66. The first-order chi connectivity index (χ1) is 7.68. The summed E-state index contributed by atoms with van der Waals surface area (Å²) in [4.78, 5) is 28.0. The van der Waals surface area contributed by atoms with E-state index in [1.54, 1.807) is 0 Å². The second-order valence-corrected chi connectivity index (χ2v) is 3.20. The molecule has 1 aliphatic rings. The molecule has 8 nitrogen and oxygen atoms in total. The van der Waals surface area contributed by atoms with Crippen molar-refractivity contribution in [2.24, 2.45) is 0 Å². The minimum absolute atomic E-state index is 0.190. The van der Waals surface area contributed by atoms with Gasteiger partial charge in [0.1, 0.15) is 6.10 Å². The standard InChI is InChI=1S/C8H12O8/c9-7(10)13-15-16-14-8(11)12-6-4-2-1-3-5-6/h6H,1-5H2,(H,9,10). The van der Waals surface area contributed by atoms with Crippen molar-refractivity contribution in [1.82, 2.24) is 0 Å². The van der Waals surface area contributed by atoms with Crippen LogP contribution in [0, 0.1) is 0 Å². The lowest BCUT2D eigenvalue weighted by Gasteiger charge is -2.20. The molecule has 0 unspecified atom stereocenters. The number of rotatable bonds is 4. The second-order valence-electron chi connectivity index (χ2n) is 3.20. The molecule has 0 aromatic heterocycles. The summed E-state index contributed by atoms with van der Waals surface area (Å²) in [7, 11) is 0. The van der Waals surface area contributed by atoms with Crippen molar-refractivity contribution in [2.75, 3.05) is 0 Å². The van der Waals surface area contributed by atoms with E-state index in [0.717, 1.165) is 32.1 Å². The van der Waals surface area contributed by atoms with Crippen LogP contribution >= 0.6 is 0 Å². The van der Waals surface area contributed by atoms with E-state index in [9.17, 15) is 9.59 Å². The highest BCUT2D eigenvalue weighted by molar-refractivity contribution is 5.59. The Morgan fingerprint density at radius 1 is 1.00 bits per heavy atom. The van der Waals surface area contributed by atoms with Crippen molar-refractivity contribution in [2.45, 2.75) is 38.2 Å². The van der Waals surface area contributed by atoms with E-state index in [1.165, 1.54) is 0 Å². The summed E-state index contributed by atoms with van der Waals surface area (Å²) in [6.45, 7) is 0. The van der Waals surface area contributed by atoms with E-state index in [2.05, 4.69) is 19.9 Å². The zero-order chi connectivity index (χ0) is 11.8. The largest absolute Gasteiger partial charge is 0.543 e. The Hall–Kier alpha value is -1.54. The summed E-state index contributed by atoms with van der Waals surface area (Å²) < 4.78 is 4.83. The van der Waals surface area contributed by atoms with Gasteiger partial charge in [0, 0.05) is 10.1 Å². The van der Waals surface area contributed by atoms with Gasteiger partial charge in [-0.1, -0.05) is 6.42 Å². The molecule has 0 spiro atoms. The smallest absolute Gasteiger partial charge is 0.448 e. The van der Waals surface area contributed by atoms with Gasteiger partial charge in [0.2, 0.25) is 0 Å². The van der Waals surface area contributed by atoms with Gasteiger partial charge in [-0.15, -0.1) is 0 Å². The molecule has 0 saturated heterocycles. The lowest BCUT2D eigenvalue weighted by atomic mass is 9.98. The molecule has 92 valence electrons. The molecule has 1 fully saturated rings. The number of hydrogen-bond donors (Lipinski definition) is 1. The Morgan fingerprint density at radius 3 is 2.25 bits per heavy atom. The molecular weight excluding hydrogens is 224 g/mol. The molecule has 16 heavy (non-hydrogen) atoms. The molecule has 1 N–H and O–H groups in total. The summed E-state index contributed by atoms with van der Waals surface area (Å²) in [5.41, 5.74) is 0. The molecule has 0 heterocycles. The Balaban J connectivity index is 2.03. The number of carboxylic acid groups (broad SMARTS) is 1. The normalized spacial score (nSPS) is 16.5. The fraction of sp³-hybridized carbons (Fsp3) is 0.750. The zero-order valence-corrected chi connectivity index (χ0v) is 8.42. The van der Waals surface area contributed by atoms with Crippen LogP contribution in [0.15, 0.2) is 0 Å². The van der Waals surface area contributed by atoms with Crippen LogP contribution in [-0.2, 0) is 24.6 Å². The van der Waals surface area contributed by atoms with Crippen molar-refractivity contribution in [1.29, 1.82) is 0 Å². The maximum absolute atomic E-state index is 10.9.